The van der Waals surface area contributed by atoms with Gasteiger partial charge in [0.05, 0.1) is 18.9 Å². The second-order valence-corrected chi connectivity index (χ2v) is 4.60. The number of methoxy groups -OCH3 is 1. The maximum atomic E-state index is 11.6. The van der Waals surface area contributed by atoms with Crippen LogP contribution in [0.15, 0.2) is 36.7 Å². The van der Waals surface area contributed by atoms with Gasteiger partial charge in [-0.2, -0.15) is 5.10 Å². The van der Waals surface area contributed by atoms with Gasteiger partial charge in [0.25, 0.3) is 0 Å². The largest absolute Gasteiger partial charge is 0.465 e. The van der Waals surface area contributed by atoms with Crippen LogP contribution >= 0.6 is 0 Å². The second-order valence-electron chi connectivity index (χ2n) is 4.60. The Balaban J connectivity index is 1.86. The van der Waals surface area contributed by atoms with Crippen molar-refractivity contribution in [2.45, 2.75) is 13.0 Å². The van der Waals surface area contributed by atoms with Gasteiger partial charge in [0.1, 0.15) is 0 Å². The number of aromatic nitrogens is 2. The number of hydrogen-bond donors (Lipinski definition) is 1. The highest BCUT2D eigenvalue weighted by molar-refractivity contribution is 5.90. The van der Waals surface area contributed by atoms with Gasteiger partial charge in [-0.3, -0.25) is 4.68 Å². The van der Waals surface area contributed by atoms with Crippen molar-refractivity contribution >= 4 is 5.97 Å². The predicted molar refractivity (Wildman–Crippen MR) is 76.4 cm³/mol. The van der Waals surface area contributed by atoms with Crippen LogP contribution in [0.1, 0.15) is 21.5 Å². The lowest BCUT2D eigenvalue weighted by molar-refractivity contribution is 0.0599. The first-order valence-corrected chi connectivity index (χ1v) is 6.55. The summed E-state index contributed by atoms with van der Waals surface area (Å²) in [5, 5.41) is 7.46. The van der Waals surface area contributed by atoms with E-state index in [4.69, 9.17) is 4.74 Å². The number of hydrogen-bond acceptors (Lipinski definition) is 4. The molecule has 2 rings (SSSR count). The number of ether oxygens (including phenoxy) is 1. The molecule has 1 heterocycles. The summed E-state index contributed by atoms with van der Waals surface area (Å²) < 4.78 is 6.57. The minimum atomic E-state index is -0.297. The van der Waals surface area contributed by atoms with E-state index in [1.54, 1.807) is 10.7 Å². The third kappa shape index (κ3) is 3.68. The van der Waals surface area contributed by atoms with Crippen molar-refractivity contribution in [1.82, 2.24) is 15.1 Å². The van der Waals surface area contributed by atoms with Gasteiger partial charge in [0.15, 0.2) is 0 Å². The Morgan fingerprint density at radius 2 is 2.20 bits per heavy atom. The summed E-state index contributed by atoms with van der Waals surface area (Å²) in [6.07, 6.45) is 4.78. The van der Waals surface area contributed by atoms with Crippen molar-refractivity contribution < 1.29 is 9.53 Å². The number of nitrogens with one attached hydrogen (secondary N) is 1. The monoisotopic (exact) mass is 273 g/mol. The van der Waals surface area contributed by atoms with Gasteiger partial charge in [0, 0.05) is 19.8 Å². The van der Waals surface area contributed by atoms with Gasteiger partial charge in [-0.15, -0.1) is 0 Å². The van der Waals surface area contributed by atoms with E-state index in [0.29, 0.717) is 12.1 Å². The Kier molecular flexibility index (Phi) is 4.90. The molecule has 0 aliphatic carbocycles. The number of rotatable bonds is 6. The van der Waals surface area contributed by atoms with E-state index in [1.165, 1.54) is 12.7 Å². The van der Waals surface area contributed by atoms with Gasteiger partial charge in [0.2, 0.25) is 0 Å². The topological polar surface area (TPSA) is 56.1 Å². The normalized spacial score (nSPS) is 10.5. The minimum absolute atomic E-state index is 0.297. The molecule has 0 radical (unpaired) electrons. The van der Waals surface area contributed by atoms with E-state index in [2.05, 4.69) is 10.4 Å². The van der Waals surface area contributed by atoms with Crippen molar-refractivity contribution in [3.63, 3.8) is 0 Å². The van der Waals surface area contributed by atoms with Crippen molar-refractivity contribution in [3.05, 3.63) is 53.3 Å². The van der Waals surface area contributed by atoms with Gasteiger partial charge in [-0.1, -0.05) is 18.2 Å². The number of benzene rings is 1. The van der Waals surface area contributed by atoms with Crippen molar-refractivity contribution in [2.75, 3.05) is 13.7 Å². The maximum Gasteiger partial charge on any atom is 0.338 e. The Bertz CT molecular complexity index is 578. The molecule has 1 aromatic carbocycles. The number of aryl methyl sites for hydroxylation is 1. The zero-order valence-corrected chi connectivity index (χ0v) is 11.8. The SMILES string of the molecule is COC(=O)c1ccccc1CNCCc1cnn(C)c1. The van der Waals surface area contributed by atoms with Crippen LogP contribution in [0.5, 0.6) is 0 Å². The first-order valence-electron chi connectivity index (χ1n) is 6.55. The third-order valence-corrected chi connectivity index (χ3v) is 3.09. The molecule has 20 heavy (non-hydrogen) atoms. The highest BCUT2D eigenvalue weighted by atomic mass is 16.5. The van der Waals surface area contributed by atoms with E-state index < -0.39 is 0 Å². The standard InChI is InChI=1S/C15H19N3O2/c1-18-11-12(9-17-18)7-8-16-10-13-5-3-4-6-14(13)15(19)20-2/h3-6,9,11,16H,7-8,10H2,1-2H3. The average molecular weight is 273 g/mol. The summed E-state index contributed by atoms with van der Waals surface area (Å²) in [6.45, 7) is 1.48. The molecule has 5 heteroatoms. The summed E-state index contributed by atoms with van der Waals surface area (Å²) >= 11 is 0. The average Bonchev–Trinajstić information content (AvgIpc) is 2.89. The lowest BCUT2D eigenvalue weighted by Crippen LogP contribution is -2.18. The van der Waals surface area contributed by atoms with Crippen LogP contribution in [0.4, 0.5) is 0 Å². The fraction of sp³-hybridized carbons (Fsp3) is 0.333. The summed E-state index contributed by atoms with van der Waals surface area (Å²) in [4.78, 5) is 11.6. The summed E-state index contributed by atoms with van der Waals surface area (Å²) in [5.74, 6) is -0.297. The fourth-order valence-electron chi connectivity index (χ4n) is 2.04. The van der Waals surface area contributed by atoms with E-state index in [0.717, 1.165) is 18.5 Å². The van der Waals surface area contributed by atoms with Crippen LogP contribution in [0.2, 0.25) is 0 Å². The van der Waals surface area contributed by atoms with Crippen LogP contribution in [-0.4, -0.2) is 29.4 Å². The Labute approximate surface area is 118 Å². The first-order chi connectivity index (χ1) is 9.70. The summed E-state index contributed by atoms with van der Waals surface area (Å²) in [5.41, 5.74) is 2.76. The van der Waals surface area contributed by atoms with E-state index >= 15 is 0 Å². The Morgan fingerprint density at radius 1 is 1.40 bits per heavy atom. The van der Waals surface area contributed by atoms with Gasteiger partial charge >= 0.3 is 5.97 Å². The van der Waals surface area contributed by atoms with E-state index in [-0.39, 0.29) is 5.97 Å². The molecule has 0 unspecified atom stereocenters. The molecular weight excluding hydrogens is 254 g/mol. The lowest BCUT2D eigenvalue weighted by Gasteiger charge is -2.08. The van der Waals surface area contributed by atoms with Gasteiger partial charge < -0.3 is 10.1 Å². The predicted octanol–water partition coefficient (Wildman–Crippen LogP) is 1.54. The molecule has 0 bridgehead atoms. The van der Waals surface area contributed by atoms with Crippen LogP contribution < -0.4 is 5.32 Å². The third-order valence-electron chi connectivity index (χ3n) is 3.09. The molecule has 0 fully saturated rings. The molecule has 106 valence electrons. The molecule has 1 aromatic heterocycles. The van der Waals surface area contributed by atoms with Gasteiger partial charge in [-0.25, -0.2) is 4.79 Å². The molecule has 2 aromatic rings. The zero-order chi connectivity index (χ0) is 14.4. The molecule has 0 saturated carbocycles. The fourth-order valence-corrected chi connectivity index (χ4v) is 2.04. The van der Waals surface area contributed by atoms with Crippen molar-refractivity contribution in [1.29, 1.82) is 0 Å². The van der Waals surface area contributed by atoms with E-state index in [9.17, 15) is 4.79 Å². The van der Waals surface area contributed by atoms with Crippen LogP contribution in [0.3, 0.4) is 0 Å². The quantitative estimate of drug-likeness (QED) is 0.641. The lowest BCUT2D eigenvalue weighted by atomic mass is 10.1. The molecule has 0 aliphatic rings. The van der Waals surface area contributed by atoms with Gasteiger partial charge in [-0.05, 0) is 30.2 Å². The second kappa shape index (κ2) is 6.86. The van der Waals surface area contributed by atoms with Crippen LogP contribution in [-0.2, 0) is 24.8 Å². The molecule has 1 N–H and O–H groups in total. The molecule has 0 atom stereocenters. The first kappa shape index (κ1) is 14.3. The summed E-state index contributed by atoms with van der Waals surface area (Å²) in [7, 11) is 3.30. The molecule has 0 saturated heterocycles. The highest BCUT2D eigenvalue weighted by Crippen LogP contribution is 2.09. The smallest absolute Gasteiger partial charge is 0.338 e. The number of esters is 1. The molecule has 0 spiro atoms. The number of carbonyl (C=O) groups is 1. The maximum absolute atomic E-state index is 11.6. The minimum Gasteiger partial charge on any atom is -0.465 e. The zero-order valence-electron chi connectivity index (χ0n) is 11.8. The molecule has 0 amide bonds. The van der Waals surface area contributed by atoms with Crippen LogP contribution in [0.25, 0.3) is 0 Å². The van der Waals surface area contributed by atoms with E-state index in [1.807, 2.05) is 37.6 Å². The van der Waals surface area contributed by atoms with Crippen LogP contribution in [0, 0.1) is 0 Å². The number of carbonyl (C=O) groups excluding carboxylic acids is 1. The molecule has 5 nitrogen and oxygen atoms in total. The van der Waals surface area contributed by atoms with Crippen molar-refractivity contribution in [3.8, 4) is 0 Å². The molecular formula is C15H19N3O2. The molecule has 0 aliphatic heterocycles. The number of nitrogens with zero attached hydrogens (tertiary/aromatic N) is 2. The van der Waals surface area contributed by atoms with Crippen molar-refractivity contribution in [2.24, 2.45) is 7.05 Å². The Hall–Kier alpha value is -2.14. The Morgan fingerprint density at radius 3 is 2.90 bits per heavy atom. The highest BCUT2D eigenvalue weighted by Gasteiger charge is 2.10. The summed E-state index contributed by atoms with van der Waals surface area (Å²) in [6, 6.07) is 7.48.